The third kappa shape index (κ3) is 14.1. The quantitative estimate of drug-likeness (QED) is 0.112. The molecule has 0 rings (SSSR count). The maximum absolute atomic E-state index is 13.3. The topological polar surface area (TPSA) is 175 Å². The molecule has 0 aliphatic rings. The Kier molecular flexibility index (Phi) is 21.6. The molecule has 8 N–H and O–H groups in total. The summed E-state index contributed by atoms with van der Waals surface area (Å²) >= 11 is 0. The molecule has 0 spiro atoms. The highest BCUT2D eigenvalue weighted by Crippen LogP contribution is 2.11. The van der Waals surface area contributed by atoms with Crippen LogP contribution in [0.25, 0.3) is 0 Å². The summed E-state index contributed by atoms with van der Waals surface area (Å²) < 4.78 is 0. The highest BCUT2D eigenvalue weighted by Gasteiger charge is 2.32. The first-order valence-electron chi connectivity index (χ1n) is 13.8. The second kappa shape index (κ2) is 21.7. The second-order valence-corrected chi connectivity index (χ2v) is 9.79. The fourth-order valence-electron chi connectivity index (χ4n) is 3.99. The lowest BCUT2D eigenvalue weighted by atomic mass is 9.97. The second-order valence-electron chi connectivity index (χ2n) is 9.79. The Morgan fingerprint density at radius 1 is 0.737 bits per heavy atom. The molecule has 0 aromatic carbocycles. The SMILES string of the molecule is C.CCCC(C)NC(=O)C(NC(=O)C(CCCCN)NC(=O)C(CO)NC(=O)C(CCC)NC)C(C)CC. The molecule has 224 valence electrons. The van der Waals surface area contributed by atoms with E-state index >= 15 is 0 Å². The van der Waals surface area contributed by atoms with Gasteiger partial charge in [0.15, 0.2) is 0 Å². The van der Waals surface area contributed by atoms with Crippen LogP contribution < -0.4 is 32.3 Å². The van der Waals surface area contributed by atoms with Gasteiger partial charge in [0.05, 0.1) is 12.6 Å². The molecule has 0 fully saturated rings. The Balaban J connectivity index is 0. The van der Waals surface area contributed by atoms with Crippen LogP contribution in [0.15, 0.2) is 0 Å². The third-order valence-electron chi connectivity index (χ3n) is 6.54. The van der Waals surface area contributed by atoms with Gasteiger partial charge < -0.3 is 37.4 Å². The summed E-state index contributed by atoms with van der Waals surface area (Å²) in [5.41, 5.74) is 5.60. The molecule has 11 heteroatoms. The molecule has 0 saturated carbocycles. The van der Waals surface area contributed by atoms with E-state index in [0.717, 1.165) is 19.3 Å². The van der Waals surface area contributed by atoms with Gasteiger partial charge in [-0.2, -0.15) is 0 Å². The maximum atomic E-state index is 13.3. The Morgan fingerprint density at radius 2 is 1.29 bits per heavy atom. The zero-order valence-corrected chi connectivity index (χ0v) is 23.7. The average Bonchev–Trinajstić information content (AvgIpc) is 2.87. The van der Waals surface area contributed by atoms with Crippen LogP contribution in [0.4, 0.5) is 0 Å². The summed E-state index contributed by atoms with van der Waals surface area (Å²) in [6.45, 7) is 9.56. The third-order valence-corrected chi connectivity index (χ3v) is 6.54. The minimum Gasteiger partial charge on any atom is -0.394 e. The highest BCUT2D eigenvalue weighted by molar-refractivity contribution is 5.95. The number of amides is 4. The summed E-state index contributed by atoms with van der Waals surface area (Å²) in [6.07, 6.45) is 5.30. The average molecular weight is 545 g/mol. The summed E-state index contributed by atoms with van der Waals surface area (Å²) in [5, 5.41) is 23.7. The van der Waals surface area contributed by atoms with Gasteiger partial charge in [-0.1, -0.05) is 54.4 Å². The fraction of sp³-hybridized carbons (Fsp3) is 0.852. The maximum Gasteiger partial charge on any atom is 0.245 e. The number of carbonyl (C=O) groups is 4. The number of nitrogens with two attached hydrogens (primary N) is 1. The van der Waals surface area contributed by atoms with Crippen molar-refractivity contribution in [2.45, 2.75) is 124 Å². The largest absolute Gasteiger partial charge is 0.394 e. The smallest absolute Gasteiger partial charge is 0.245 e. The molecule has 4 amide bonds. The van der Waals surface area contributed by atoms with Crippen LogP contribution >= 0.6 is 0 Å². The van der Waals surface area contributed by atoms with Crippen molar-refractivity contribution in [1.82, 2.24) is 26.6 Å². The van der Waals surface area contributed by atoms with Crippen molar-refractivity contribution >= 4 is 23.6 Å². The van der Waals surface area contributed by atoms with Crippen LogP contribution in [-0.4, -0.2) is 79.1 Å². The fourth-order valence-corrected chi connectivity index (χ4v) is 3.99. The number of hydrogen-bond donors (Lipinski definition) is 7. The molecule has 0 bridgehead atoms. The number of carbonyl (C=O) groups excluding carboxylic acids is 4. The normalized spacial score (nSPS) is 15.6. The molecule has 6 atom stereocenters. The van der Waals surface area contributed by atoms with Gasteiger partial charge in [0.25, 0.3) is 0 Å². The lowest BCUT2D eigenvalue weighted by Crippen LogP contribution is -2.59. The summed E-state index contributed by atoms with van der Waals surface area (Å²) in [7, 11) is 1.65. The Labute approximate surface area is 230 Å². The van der Waals surface area contributed by atoms with Crippen molar-refractivity contribution in [2.75, 3.05) is 20.2 Å². The number of likely N-dealkylation sites (N-methyl/N-ethyl adjacent to an activating group) is 1. The van der Waals surface area contributed by atoms with E-state index in [1.165, 1.54) is 0 Å². The Bertz CT molecular complexity index is 693. The van der Waals surface area contributed by atoms with Crippen LogP contribution in [0, 0.1) is 5.92 Å². The number of unbranched alkanes of at least 4 members (excludes halogenated alkanes) is 1. The minimum atomic E-state index is -1.21. The molecule has 0 aromatic heterocycles. The van der Waals surface area contributed by atoms with Crippen molar-refractivity contribution in [1.29, 1.82) is 0 Å². The van der Waals surface area contributed by atoms with E-state index in [9.17, 15) is 24.3 Å². The number of hydrogen-bond acceptors (Lipinski definition) is 7. The van der Waals surface area contributed by atoms with Crippen LogP contribution in [0.5, 0.6) is 0 Å². The summed E-state index contributed by atoms with van der Waals surface area (Å²) in [5.74, 6) is -1.95. The minimum absolute atomic E-state index is 0. The summed E-state index contributed by atoms with van der Waals surface area (Å²) in [4.78, 5) is 51.8. The number of rotatable bonds is 20. The monoisotopic (exact) mass is 544 g/mol. The predicted octanol–water partition coefficient (Wildman–Crippen LogP) is 0.937. The molecule has 0 radical (unpaired) electrons. The molecule has 6 unspecified atom stereocenters. The molecule has 0 heterocycles. The Morgan fingerprint density at radius 3 is 1.79 bits per heavy atom. The zero-order chi connectivity index (χ0) is 28.4. The van der Waals surface area contributed by atoms with Gasteiger partial charge in [-0.05, 0) is 58.5 Å². The van der Waals surface area contributed by atoms with Crippen molar-refractivity contribution in [3.05, 3.63) is 0 Å². The predicted molar refractivity (Wildman–Crippen MR) is 152 cm³/mol. The van der Waals surface area contributed by atoms with E-state index in [1.54, 1.807) is 7.05 Å². The van der Waals surface area contributed by atoms with Crippen LogP contribution in [0.2, 0.25) is 0 Å². The van der Waals surface area contributed by atoms with E-state index in [4.69, 9.17) is 5.73 Å². The standard InChI is InChI=1S/C26H52N6O5.CH4/c1-7-12-18(5)29-26(37)22(17(4)9-3)32-24(35)20(14-10-11-15-27)30-25(36)21(16-33)31-23(34)19(28-6)13-8-2;/h17-22,28,33H,7-16,27H2,1-6H3,(H,29,37)(H,30,36)(H,31,34)(H,32,35);1H4. The van der Waals surface area contributed by atoms with Gasteiger partial charge in [-0.25, -0.2) is 0 Å². The van der Waals surface area contributed by atoms with E-state index in [2.05, 4.69) is 26.6 Å². The number of aliphatic hydroxyl groups is 1. The zero-order valence-electron chi connectivity index (χ0n) is 23.7. The first-order valence-corrected chi connectivity index (χ1v) is 13.8. The van der Waals surface area contributed by atoms with Crippen molar-refractivity contribution in [3.63, 3.8) is 0 Å². The van der Waals surface area contributed by atoms with Gasteiger partial charge >= 0.3 is 0 Å². The highest BCUT2D eigenvalue weighted by atomic mass is 16.3. The van der Waals surface area contributed by atoms with Gasteiger partial charge in [-0.3, -0.25) is 19.2 Å². The van der Waals surface area contributed by atoms with E-state index in [1.807, 2.05) is 34.6 Å². The Hall–Kier alpha value is -2.24. The molecule has 11 nitrogen and oxygen atoms in total. The van der Waals surface area contributed by atoms with Crippen LogP contribution in [-0.2, 0) is 19.2 Å². The van der Waals surface area contributed by atoms with Crippen molar-refractivity contribution in [2.24, 2.45) is 11.7 Å². The molecular weight excluding hydrogens is 488 g/mol. The molecule has 0 aromatic rings. The van der Waals surface area contributed by atoms with E-state index in [-0.39, 0.29) is 25.3 Å². The van der Waals surface area contributed by atoms with Gasteiger partial charge in [0.1, 0.15) is 18.1 Å². The molecular formula is C27H56N6O5. The molecule has 0 aliphatic heterocycles. The first-order chi connectivity index (χ1) is 17.6. The lowest BCUT2D eigenvalue weighted by Gasteiger charge is -2.28. The lowest BCUT2D eigenvalue weighted by molar-refractivity contribution is -0.135. The van der Waals surface area contributed by atoms with Gasteiger partial charge in [0, 0.05) is 6.04 Å². The van der Waals surface area contributed by atoms with Crippen LogP contribution in [0.1, 0.15) is 93.4 Å². The van der Waals surface area contributed by atoms with E-state index < -0.39 is 48.5 Å². The van der Waals surface area contributed by atoms with Crippen LogP contribution in [0.3, 0.4) is 0 Å². The van der Waals surface area contributed by atoms with Gasteiger partial charge in [0.2, 0.25) is 23.6 Å². The van der Waals surface area contributed by atoms with Crippen molar-refractivity contribution < 1.29 is 24.3 Å². The number of aliphatic hydroxyl groups excluding tert-OH is 1. The molecule has 0 aliphatic carbocycles. The molecule has 0 saturated heterocycles. The van der Waals surface area contributed by atoms with Gasteiger partial charge in [-0.15, -0.1) is 0 Å². The molecule has 38 heavy (non-hydrogen) atoms. The number of nitrogens with one attached hydrogen (secondary N) is 5. The van der Waals surface area contributed by atoms with E-state index in [0.29, 0.717) is 38.6 Å². The summed E-state index contributed by atoms with van der Waals surface area (Å²) in [6, 6.07) is -3.45. The first kappa shape index (κ1) is 37.9. The van der Waals surface area contributed by atoms with Crippen molar-refractivity contribution in [3.8, 4) is 0 Å².